The van der Waals surface area contributed by atoms with Crippen LogP contribution in [0.5, 0.6) is 5.75 Å². The highest BCUT2D eigenvalue weighted by atomic mass is 32.1. The number of carbonyl (C=O) groups excluding carboxylic acids is 1. The lowest BCUT2D eigenvalue weighted by molar-refractivity contribution is 0.1000. The van der Waals surface area contributed by atoms with Gasteiger partial charge in [-0.1, -0.05) is 0 Å². The number of hydrogen-bond acceptors (Lipinski definition) is 4. The Morgan fingerprint density at radius 2 is 2.12 bits per heavy atom. The molecule has 0 aliphatic heterocycles. The molecule has 0 saturated carbocycles. The Morgan fingerprint density at radius 3 is 2.65 bits per heavy atom. The van der Waals surface area contributed by atoms with Gasteiger partial charge in [-0.15, -0.1) is 11.3 Å². The molecule has 88 valence electrons. The van der Waals surface area contributed by atoms with Crippen LogP contribution in [0.25, 0.3) is 11.3 Å². The molecule has 1 amide bonds. The van der Waals surface area contributed by atoms with Crippen molar-refractivity contribution in [3.63, 3.8) is 0 Å². The van der Waals surface area contributed by atoms with Gasteiger partial charge < -0.3 is 10.5 Å². The second-order valence-corrected chi connectivity index (χ2v) is 4.22. The topological polar surface area (TPSA) is 65.2 Å². The highest BCUT2D eigenvalue weighted by Crippen LogP contribution is 2.23. The first kappa shape index (κ1) is 11.6. The van der Waals surface area contributed by atoms with E-state index in [0.29, 0.717) is 11.6 Å². The average molecular weight is 248 g/mol. The molecule has 4 nitrogen and oxygen atoms in total. The summed E-state index contributed by atoms with van der Waals surface area (Å²) in [6.07, 6.45) is 0. The second-order valence-electron chi connectivity index (χ2n) is 3.36. The maximum absolute atomic E-state index is 10.9. The Balaban J connectivity index is 2.23. The van der Waals surface area contributed by atoms with Gasteiger partial charge in [-0.25, -0.2) is 4.98 Å². The number of primary amides is 1. The fourth-order valence-corrected chi connectivity index (χ4v) is 2.09. The fourth-order valence-electron chi connectivity index (χ4n) is 1.41. The number of nitrogens with zero attached hydrogens (tertiary/aromatic N) is 1. The van der Waals surface area contributed by atoms with Gasteiger partial charge in [0, 0.05) is 10.9 Å². The average Bonchev–Trinajstić information content (AvgIpc) is 2.80. The lowest BCUT2D eigenvalue weighted by atomic mass is 10.2. The Labute approximate surface area is 103 Å². The van der Waals surface area contributed by atoms with Crippen molar-refractivity contribution in [1.82, 2.24) is 4.98 Å². The van der Waals surface area contributed by atoms with E-state index in [4.69, 9.17) is 10.5 Å². The molecular formula is C12H12N2O2S. The highest BCUT2D eigenvalue weighted by molar-refractivity contribution is 7.12. The largest absolute Gasteiger partial charge is 0.494 e. The van der Waals surface area contributed by atoms with Crippen LogP contribution in [0.3, 0.4) is 0 Å². The number of hydrogen-bond donors (Lipinski definition) is 1. The van der Waals surface area contributed by atoms with Crippen molar-refractivity contribution in [1.29, 1.82) is 0 Å². The smallest absolute Gasteiger partial charge is 0.277 e. The number of rotatable bonds is 4. The SMILES string of the molecule is CCOc1ccc(-c2csc(C(N)=O)n2)cc1. The van der Waals surface area contributed by atoms with Gasteiger partial charge in [0.05, 0.1) is 12.3 Å². The summed E-state index contributed by atoms with van der Waals surface area (Å²) in [6.45, 7) is 2.58. The summed E-state index contributed by atoms with van der Waals surface area (Å²) in [4.78, 5) is 15.1. The van der Waals surface area contributed by atoms with Crippen molar-refractivity contribution in [3.05, 3.63) is 34.7 Å². The first-order valence-corrected chi connectivity index (χ1v) is 6.07. The molecule has 0 aliphatic carbocycles. The van der Waals surface area contributed by atoms with Gasteiger partial charge in [-0.05, 0) is 31.2 Å². The minimum atomic E-state index is -0.493. The minimum Gasteiger partial charge on any atom is -0.494 e. The lowest BCUT2D eigenvalue weighted by Crippen LogP contribution is -2.10. The Kier molecular flexibility index (Phi) is 3.39. The molecule has 2 aromatic rings. The monoisotopic (exact) mass is 248 g/mol. The van der Waals surface area contributed by atoms with Crippen LogP contribution in [-0.2, 0) is 0 Å². The predicted octanol–water partition coefficient (Wildman–Crippen LogP) is 2.31. The molecule has 5 heteroatoms. The third-order valence-electron chi connectivity index (χ3n) is 2.18. The Morgan fingerprint density at radius 1 is 1.41 bits per heavy atom. The van der Waals surface area contributed by atoms with Crippen LogP contribution >= 0.6 is 11.3 Å². The number of amides is 1. The number of aromatic nitrogens is 1. The number of thiazole rings is 1. The molecule has 1 aromatic carbocycles. The van der Waals surface area contributed by atoms with Crippen LogP contribution < -0.4 is 10.5 Å². The van der Waals surface area contributed by atoms with Crippen LogP contribution in [0.2, 0.25) is 0 Å². The van der Waals surface area contributed by atoms with Crippen LogP contribution in [0.1, 0.15) is 16.7 Å². The second kappa shape index (κ2) is 4.97. The summed E-state index contributed by atoms with van der Waals surface area (Å²) in [5, 5.41) is 2.14. The lowest BCUT2D eigenvalue weighted by Gasteiger charge is -2.02. The van der Waals surface area contributed by atoms with Crippen LogP contribution in [-0.4, -0.2) is 17.5 Å². The van der Waals surface area contributed by atoms with E-state index in [1.54, 1.807) is 0 Å². The molecule has 1 heterocycles. The van der Waals surface area contributed by atoms with E-state index in [0.717, 1.165) is 17.0 Å². The molecular weight excluding hydrogens is 236 g/mol. The molecule has 17 heavy (non-hydrogen) atoms. The van der Waals surface area contributed by atoms with Gasteiger partial charge in [0.1, 0.15) is 5.75 Å². The molecule has 0 radical (unpaired) electrons. The molecule has 2 N–H and O–H groups in total. The predicted molar refractivity (Wildman–Crippen MR) is 67.2 cm³/mol. The highest BCUT2D eigenvalue weighted by Gasteiger charge is 2.08. The first-order valence-electron chi connectivity index (χ1n) is 5.19. The van der Waals surface area contributed by atoms with Crippen molar-refractivity contribution >= 4 is 17.2 Å². The molecule has 0 aliphatic rings. The van der Waals surface area contributed by atoms with E-state index < -0.39 is 5.91 Å². The zero-order valence-electron chi connectivity index (χ0n) is 9.34. The van der Waals surface area contributed by atoms with E-state index in [2.05, 4.69) is 4.98 Å². The number of ether oxygens (including phenoxy) is 1. The molecule has 0 fully saturated rings. The summed E-state index contributed by atoms with van der Waals surface area (Å²) in [5.41, 5.74) is 6.86. The molecule has 0 atom stereocenters. The zero-order chi connectivity index (χ0) is 12.3. The van der Waals surface area contributed by atoms with Crippen LogP contribution in [0.4, 0.5) is 0 Å². The molecule has 2 rings (SSSR count). The van der Waals surface area contributed by atoms with Crippen LogP contribution in [0, 0.1) is 0 Å². The molecule has 0 spiro atoms. The summed E-state index contributed by atoms with van der Waals surface area (Å²) in [7, 11) is 0. The maximum atomic E-state index is 10.9. The van der Waals surface area contributed by atoms with Crippen molar-refractivity contribution in [2.24, 2.45) is 5.73 Å². The Bertz CT molecular complexity index is 520. The summed E-state index contributed by atoms with van der Waals surface area (Å²) in [6, 6.07) is 7.57. The standard InChI is InChI=1S/C12H12N2O2S/c1-2-16-9-5-3-8(4-6-9)10-7-17-12(14-10)11(13)15/h3-7H,2H2,1H3,(H2,13,15). The van der Waals surface area contributed by atoms with E-state index in [9.17, 15) is 4.79 Å². The zero-order valence-corrected chi connectivity index (χ0v) is 10.2. The number of nitrogens with two attached hydrogens (primary N) is 1. The summed E-state index contributed by atoms with van der Waals surface area (Å²) in [5.74, 6) is 0.328. The molecule has 0 unspecified atom stereocenters. The summed E-state index contributed by atoms with van der Waals surface area (Å²) < 4.78 is 5.35. The fraction of sp³-hybridized carbons (Fsp3) is 0.167. The first-order chi connectivity index (χ1) is 8.20. The van der Waals surface area contributed by atoms with Crippen molar-refractivity contribution in [2.45, 2.75) is 6.92 Å². The van der Waals surface area contributed by atoms with Crippen LogP contribution in [0.15, 0.2) is 29.6 Å². The van der Waals surface area contributed by atoms with Crippen molar-refractivity contribution in [3.8, 4) is 17.0 Å². The van der Waals surface area contributed by atoms with E-state index >= 15 is 0 Å². The van der Waals surface area contributed by atoms with E-state index in [1.165, 1.54) is 11.3 Å². The molecule has 0 bridgehead atoms. The van der Waals surface area contributed by atoms with Gasteiger partial charge in [-0.2, -0.15) is 0 Å². The molecule has 0 saturated heterocycles. The van der Waals surface area contributed by atoms with Gasteiger partial charge in [0.2, 0.25) is 0 Å². The quantitative estimate of drug-likeness (QED) is 0.902. The summed E-state index contributed by atoms with van der Waals surface area (Å²) >= 11 is 1.25. The van der Waals surface area contributed by atoms with E-state index in [-0.39, 0.29) is 0 Å². The number of benzene rings is 1. The normalized spacial score (nSPS) is 10.2. The van der Waals surface area contributed by atoms with E-state index in [1.807, 2.05) is 36.6 Å². The van der Waals surface area contributed by atoms with Gasteiger partial charge >= 0.3 is 0 Å². The minimum absolute atomic E-state index is 0.328. The van der Waals surface area contributed by atoms with Crippen molar-refractivity contribution in [2.75, 3.05) is 6.61 Å². The van der Waals surface area contributed by atoms with Gasteiger partial charge in [0.15, 0.2) is 5.01 Å². The van der Waals surface area contributed by atoms with Gasteiger partial charge in [-0.3, -0.25) is 4.79 Å². The third kappa shape index (κ3) is 2.62. The Hall–Kier alpha value is -1.88. The van der Waals surface area contributed by atoms with Crippen molar-refractivity contribution < 1.29 is 9.53 Å². The number of carbonyl (C=O) groups is 1. The van der Waals surface area contributed by atoms with Gasteiger partial charge in [0.25, 0.3) is 5.91 Å². The third-order valence-corrected chi connectivity index (χ3v) is 3.03. The maximum Gasteiger partial charge on any atom is 0.277 e. The molecule has 1 aromatic heterocycles.